The maximum atomic E-state index is 11.6. The number of hydrogen-bond acceptors (Lipinski definition) is 4. The highest BCUT2D eigenvalue weighted by Gasteiger charge is 2.24. The standard InChI is InChI=1S/C13H25NO4/c1-12(2,3)18-11(16)14-13(4,5)9-7-8-10(15)17-6/h7-9H2,1-6H3,(H,14,16). The number of rotatable bonds is 5. The number of esters is 1. The zero-order chi connectivity index (χ0) is 14.4. The third-order valence-corrected chi connectivity index (χ3v) is 2.25. The number of carbonyl (C=O) groups is 2. The molecular weight excluding hydrogens is 234 g/mol. The molecule has 5 heteroatoms. The highest BCUT2D eigenvalue weighted by Crippen LogP contribution is 2.15. The predicted octanol–water partition coefficient (Wildman–Crippen LogP) is 2.63. The lowest BCUT2D eigenvalue weighted by atomic mass is 9.97. The Bertz CT molecular complexity index is 292. The van der Waals surface area contributed by atoms with E-state index in [4.69, 9.17) is 4.74 Å². The number of amides is 1. The summed E-state index contributed by atoms with van der Waals surface area (Å²) >= 11 is 0. The van der Waals surface area contributed by atoms with Gasteiger partial charge in [0.2, 0.25) is 0 Å². The fourth-order valence-corrected chi connectivity index (χ4v) is 1.42. The molecule has 0 atom stereocenters. The summed E-state index contributed by atoms with van der Waals surface area (Å²) < 4.78 is 9.74. The first-order chi connectivity index (χ1) is 8.06. The van der Waals surface area contributed by atoms with Crippen molar-refractivity contribution in [1.29, 1.82) is 0 Å². The molecule has 5 nitrogen and oxygen atoms in total. The van der Waals surface area contributed by atoms with Crippen LogP contribution >= 0.6 is 0 Å². The Morgan fingerprint density at radius 1 is 1.11 bits per heavy atom. The molecule has 0 aliphatic carbocycles. The monoisotopic (exact) mass is 259 g/mol. The molecule has 0 spiro atoms. The van der Waals surface area contributed by atoms with Crippen LogP contribution in [0, 0.1) is 0 Å². The van der Waals surface area contributed by atoms with Gasteiger partial charge in [-0.1, -0.05) is 0 Å². The molecule has 0 saturated heterocycles. The van der Waals surface area contributed by atoms with Gasteiger partial charge in [0, 0.05) is 12.0 Å². The van der Waals surface area contributed by atoms with E-state index >= 15 is 0 Å². The van der Waals surface area contributed by atoms with Gasteiger partial charge in [0.1, 0.15) is 5.60 Å². The number of hydrogen-bond donors (Lipinski definition) is 1. The van der Waals surface area contributed by atoms with Crippen molar-refractivity contribution in [2.24, 2.45) is 0 Å². The van der Waals surface area contributed by atoms with E-state index in [1.807, 2.05) is 34.6 Å². The third kappa shape index (κ3) is 8.84. The van der Waals surface area contributed by atoms with E-state index in [1.165, 1.54) is 7.11 Å². The Kier molecular flexibility index (Phi) is 6.15. The predicted molar refractivity (Wildman–Crippen MR) is 69.3 cm³/mol. The van der Waals surface area contributed by atoms with Crippen LogP contribution in [0.15, 0.2) is 0 Å². The van der Waals surface area contributed by atoms with E-state index in [1.54, 1.807) is 0 Å². The summed E-state index contributed by atoms with van der Waals surface area (Å²) in [4.78, 5) is 22.6. The van der Waals surface area contributed by atoms with Crippen LogP contribution in [0.5, 0.6) is 0 Å². The summed E-state index contributed by atoms with van der Waals surface area (Å²) in [6.07, 6.45) is 1.26. The van der Waals surface area contributed by atoms with Gasteiger partial charge in [-0.25, -0.2) is 4.79 Å². The highest BCUT2D eigenvalue weighted by atomic mass is 16.6. The van der Waals surface area contributed by atoms with Gasteiger partial charge in [-0.05, 0) is 47.5 Å². The zero-order valence-corrected chi connectivity index (χ0v) is 12.3. The van der Waals surface area contributed by atoms with Crippen molar-refractivity contribution in [3.05, 3.63) is 0 Å². The molecule has 0 unspecified atom stereocenters. The minimum atomic E-state index is -0.508. The fraction of sp³-hybridized carbons (Fsp3) is 0.846. The van der Waals surface area contributed by atoms with Crippen LogP contribution in [0.25, 0.3) is 0 Å². The molecule has 1 amide bonds. The zero-order valence-electron chi connectivity index (χ0n) is 12.3. The molecule has 0 heterocycles. The number of alkyl carbamates (subject to hydrolysis) is 1. The van der Waals surface area contributed by atoms with Crippen LogP contribution in [0.3, 0.4) is 0 Å². The van der Waals surface area contributed by atoms with E-state index in [0.29, 0.717) is 19.3 Å². The Hall–Kier alpha value is -1.26. The van der Waals surface area contributed by atoms with Crippen LogP contribution in [0.4, 0.5) is 4.79 Å². The topological polar surface area (TPSA) is 64.6 Å². The second-order valence-corrected chi connectivity index (χ2v) is 5.94. The number of nitrogens with one attached hydrogen (secondary N) is 1. The molecule has 18 heavy (non-hydrogen) atoms. The van der Waals surface area contributed by atoms with Gasteiger partial charge >= 0.3 is 12.1 Å². The van der Waals surface area contributed by atoms with Gasteiger partial charge < -0.3 is 14.8 Å². The Labute approximate surface area is 109 Å². The summed E-state index contributed by atoms with van der Waals surface area (Å²) in [7, 11) is 1.37. The average molecular weight is 259 g/mol. The van der Waals surface area contributed by atoms with Gasteiger partial charge in [0.05, 0.1) is 7.11 Å². The first-order valence-electron chi connectivity index (χ1n) is 6.14. The van der Waals surface area contributed by atoms with Crippen LogP contribution in [-0.4, -0.2) is 30.3 Å². The van der Waals surface area contributed by atoms with E-state index in [9.17, 15) is 9.59 Å². The minimum Gasteiger partial charge on any atom is -0.469 e. The molecule has 0 aromatic heterocycles. The van der Waals surface area contributed by atoms with Gasteiger partial charge in [-0.3, -0.25) is 4.79 Å². The van der Waals surface area contributed by atoms with Gasteiger partial charge in [0.15, 0.2) is 0 Å². The maximum absolute atomic E-state index is 11.6. The smallest absolute Gasteiger partial charge is 0.408 e. The Balaban J connectivity index is 4.06. The number of carbonyl (C=O) groups excluding carboxylic acids is 2. The molecule has 106 valence electrons. The molecule has 0 fully saturated rings. The van der Waals surface area contributed by atoms with Crippen molar-refractivity contribution in [2.75, 3.05) is 7.11 Å². The van der Waals surface area contributed by atoms with Crippen molar-refractivity contribution >= 4 is 12.1 Å². The lowest BCUT2D eigenvalue weighted by molar-refractivity contribution is -0.140. The van der Waals surface area contributed by atoms with Crippen molar-refractivity contribution in [3.8, 4) is 0 Å². The molecule has 0 saturated carbocycles. The lowest BCUT2D eigenvalue weighted by Crippen LogP contribution is -2.45. The first kappa shape index (κ1) is 16.7. The summed E-state index contributed by atoms with van der Waals surface area (Å²) in [5.41, 5.74) is -0.914. The van der Waals surface area contributed by atoms with Gasteiger partial charge in [-0.2, -0.15) is 0 Å². The van der Waals surface area contributed by atoms with Crippen LogP contribution in [0.1, 0.15) is 53.9 Å². The lowest BCUT2D eigenvalue weighted by Gasteiger charge is -2.28. The average Bonchev–Trinajstić information content (AvgIpc) is 2.12. The largest absolute Gasteiger partial charge is 0.469 e. The molecule has 0 aromatic carbocycles. The number of ether oxygens (including phenoxy) is 2. The van der Waals surface area contributed by atoms with Gasteiger partial charge in [0.25, 0.3) is 0 Å². The Morgan fingerprint density at radius 2 is 1.67 bits per heavy atom. The van der Waals surface area contributed by atoms with Gasteiger partial charge in [-0.15, -0.1) is 0 Å². The van der Waals surface area contributed by atoms with E-state index < -0.39 is 17.2 Å². The molecule has 0 rings (SSSR count). The molecular formula is C13H25NO4. The first-order valence-corrected chi connectivity index (χ1v) is 6.14. The van der Waals surface area contributed by atoms with E-state index in [-0.39, 0.29) is 5.97 Å². The van der Waals surface area contributed by atoms with Crippen molar-refractivity contribution in [3.63, 3.8) is 0 Å². The summed E-state index contributed by atoms with van der Waals surface area (Å²) in [5, 5.41) is 2.79. The minimum absolute atomic E-state index is 0.233. The summed E-state index contributed by atoms with van der Waals surface area (Å²) in [6.45, 7) is 9.24. The van der Waals surface area contributed by atoms with Crippen LogP contribution in [-0.2, 0) is 14.3 Å². The fourth-order valence-electron chi connectivity index (χ4n) is 1.42. The molecule has 0 radical (unpaired) electrons. The third-order valence-electron chi connectivity index (χ3n) is 2.25. The molecule has 0 bridgehead atoms. The van der Waals surface area contributed by atoms with E-state index in [0.717, 1.165) is 0 Å². The molecule has 0 aromatic rings. The van der Waals surface area contributed by atoms with Crippen LogP contribution in [0.2, 0.25) is 0 Å². The Morgan fingerprint density at radius 3 is 2.11 bits per heavy atom. The van der Waals surface area contributed by atoms with Crippen molar-refractivity contribution in [1.82, 2.24) is 5.32 Å². The second-order valence-electron chi connectivity index (χ2n) is 5.94. The number of methoxy groups -OCH3 is 1. The SMILES string of the molecule is COC(=O)CCCC(C)(C)NC(=O)OC(C)(C)C. The van der Waals surface area contributed by atoms with Crippen LogP contribution < -0.4 is 5.32 Å². The van der Waals surface area contributed by atoms with Crippen molar-refractivity contribution in [2.45, 2.75) is 65.0 Å². The summed E-state index contributed by atoms with van der Waals surface area (Å²) in [5.74, 6) is -0.233. The van der Waals surface area contributed by atoms with Crippen molar-refractivity contribution < 1.29 is 19.1 Å². The quantitative estimate of drug-likeness (QED) is 0.771. The second kappa shape index (κ2) is 6.61. The molecule has 0 aliphatic rings. The maximum Gasteiger partial charge on any atom is 0.408 e. The summed E-state index contributed by atoms with van der Waals surface area (Å²) in [6, 6.07) is 0. The normalized spacial score (nSPS) is 11.9. The van der Waals surface area contributed by atoms with E-state index in [2.05, 4.69) is 10.1 Å². The highest BCUT2D eigenvalue weighted by molar-refractivity contribution is 5.69. The molecule has 1 N–H and O–H groups in total. The molecule has 0 aliphatic heterocycles.